The summed E-state index contributed by atoms with van der Waals surface area (Å²) >= 11 is 0. The number of benzene rings is 2. The average Bonchev–Trinajstić information content (AvgIpc) is 3.59. The van der Waals surface area contributed by atoms with Crippen molar-refractivity contribution in [1.82, 2.24) is 0 Å². The summed E-state index contributed by atoms with van der Waals surface area (Å²) in [5.74, 6) is -2.86. The van der Waals surface area contributed by atoms with Crippen molar-refractivity contribution in [3.63, 3.8) is 0 Å². The molecule has 1 aliphatic heterocycles. The van der Waals surface area contributed by atoms with Crippen molar-refractivity contribution >= 4 is 34.9 Å². The highest BCUT2D eigenvalue weighted by molar-refractivity contribution is 6.01. The Morgan fingerprint density at radius 3 is 2.65 bits per heavy atom. The van der Waals surface area contributed by atoms with Crippen molar-refractivity contribution in [3.8, 4) is 5.75 Å². The number of allylic oxidation sites excluding steroid dienone is 4. The maximum absolute atomic E-state index is 14.5. The zero-order chi connectivity index (χ0) is 37.0. The zero-order valence-electron chi connectivity index (χ0n) is 29.5. The molecule has 274 valence electrons. The van der Waals surface area contributed by atoms with Crippen LogP contribution in [0, 0.1) is 28.6 Å². The number of carboxylic acids is 1. The molecule has 0 spiro atoms. The Morgan fingerprint density at radius 1 is 1.10 bits per heavy atom. The highest BCUT2D eigenvalue weighted by Gasteiger charge is 2.75. The smallest absolute Gasteiger partial charge is 0.339 e. The number of hydrogen-bond donors (Lipinski definition) is 3. The van der Waals surface area contributed by atoms with Crippen LogP contribution in [0.2, 0.25) is 0 Å². The average molecular weight is 713 g/mol. The Morgan fingerprint density at radius 2 is 1.88 bits per heavy atom. The van der Waals surface area contributed by atoms with Crippen molar-refractivity contribution in [2.45, 2.75) is 89.8 Å². The topological polar surface area (TPSA) is 181 Å². The number of aliphatic hydroxyl groups excluding tert-OH is 1. The maximum Gasteiger partial charge on any atom is 0.339 e. The van der Waals surface area contributed by atoms with Gasteiger partial charge in [-0.25, -0.2) is 4.79 Å². The number of aliphatic hydroxyl groups is 1. The third-order valence-electron chi connectivity index (χ3n) is 12.4. The van der Waals surface area contributed by atoms with Crippen LogP contribution in [-0.2, 0) is 35.0 Å². The number of ketones is 2. The predicted molar refractivity (Wildman–Crippen MR) is 186 cm³/mol. The molecule has 52 heavy (non-hydrogen) atoms. The predicted octanol–water partition coefficient (Wildman–Crippen LogP) is 6.33. The number of carbonyl (C=O) groups is 4. The normalized spacial score (nSPS) is 34.6. The van der Waals surface area contributed by atoms with E-state index in [1.807, 2.05) is 19.9 Å². The van der Waals surface area contributed by atoms with Gasteiger partial charge in [0, 0.05) is 16.7 Å². The summed E-state index contributed by atoms with van der Waals surface area (Å²) in [6.07, 6.45) is 6.91. The molecule has 12 nitrogen and oxygen atoms in total. The molecule has 1 heterocycles. The van der Waals surface area contributed by atoms with Crippen molar-refractivity contribution in [3.05, 3.63) is 77.4 Å². The van der Waals surface area contributed by atoms with Crippen LogP contribution in [0.3, 0.4) is 0 Å². The van der Waals surface area contributed by atoms with Crippen LogP contribution in [0.4, 0.5) is 11.4 Å². The summed E-state index contributed by atoms with van der Waals surface area (Å²) in [4.78, 5) is 51.5. The van der Waals surface area contributed by atoms with E-state index in [9.17, 15) is 34.5 Å². The van der Waals surface area contributed by atoms with E-state index in [-0.39, 0.29) is 47.0 Å². The molecule has 4 fully saturated rings. The van der Waals surface area contributed by atoms with E-state index in [1.165, 1.54) is 18.2 Å². The van der Waals surface area contributed by atoms with E-state index in [1.54, 1.807) is 36.4 Å². The second-order valence-corrected chi connectivity index (χ2v) is 15.2. The Balaban J connectivity index is 1.09. The summed E-state index contributed by atoms with van der Waals surface area (Å²) in [6.45, 7) is 5.61. The lowest BCUT2D eigenvalue weighted by atomic mass is 9.46. The summed E-state index contributed by atoms with van der Waals surface area (Å²) in [6, 6.07) is 10.6. The Labute approximate surface area is 301 Å². The van der Waals surface area contributed by atoms with Crippen molar-refractivity contribution in [1.29, 1.82) is 0 Å². The fourth-order valence-electron chi connectivity index (χ4n) is 10.1. The largest absolute Gasteiger partial charge is 0.507 e. The van der Waals surface area contributed by atoms with Gasteiger partial charge < -0.3 is 29.5 Å². The lowest BCUT2D eigenvalue weighted by Crippen LogP contribution is -2.63. The molecular formula is C40H44N2O10. The van der Waals surface area contributed by atoms with E-state index in [0.717, 1.165) is 24.8 Å². The van der Waals surface area contributed by atoms with Gasteiger partial charge >= 0.3 is 11.9 Å². The van der Waals surface area contributed by atoms with Crippen LogP contribution < -0.4 is 0 Å². The van der Waals surface area contributed by atoms with Gasteiger partial charge in [0.1, 0.15) is 11.3 Å². The molecule has 12 heteroatoms. The second-order valence-electron chi connectivity index (χ2n) is 15.2. The van der Waals surface area contributed by atoms with Gasteiger partial charge in [-0.15, -0.1) is 0 Å². The van der Waals surface area contributed by atoms with Gasteiger partial charge in [0.2, 0.25) is 5.78 Å². The van der Waals surface area contributed by atoms with Gasteiger partial charge in [-0.05, 0) is 85.9 Å². The standard InChI is InChI=1S/C40H44N2O10/c1-4-7-35-51-33-19-28-26-12-10-23-17-25(43)14-15-38(23,2)36(26)31(45)20-39(28,3)40(33,52-35)32(46)21-50-34(47)16-22-8-5-6-9-29(22)42-41-24-11-13-30(44)27(18-24)37(48)49/h5-6,8-9,11,13-15,17-18,26,28,31,33,35-36,44-45H,4,7,10,12,16,19-21H2,1-3H3,(H,48,49). The molecule has 2 aromatic rings. The Kier molecular flexibility index (Phi) is 9.29. The molecule has 9 unspecified atom stereocenters. The van der Waals surface area contributed by atoms with Gasteiger partial charge in [0.25, 0.3) is 0 Å². The second kappa shape index (κ2) is 13.5. The highest BCUT2D eigenvalue weighted by Crippen LogP contribution is 2.69. The number of carboxylic acid groups (broad SMARTS) is 1. The number of ether oxygens (including phenoxy) is 3. The van der Waals surface area contributed by atoms with Crippen molar-refractivity contribution in [2.75, 3.05) is 6.61 Å². The zero-order valence-corrected chi connectivity index (χ0v) is 29.5. The molecule has 0 radical (unpaired) electrons. The molecule has 0 bridgehead atoms. The van der Waals surface area contributed by atoms with E-state index < -0.39 is 59.2 Å². The van der Waals surface area contributed by atoms with Gasteiger partial charge in [0.15, 0.2) is 24.3 Å². The number of hydrogen-bond acceptors (Lipinski definition) is 11. The fourth-order valence-corrected chi connectivity index (χ4v) is 10.1. The SMILES string of the molecule is CCCC1OC2CC3C4CCC5=CC(=O)C=CC5(C)C4C(O)CC3(C)C2(C(=O)COC(=O)Cc2ccccc2N=Nc2ccc(O)c(C(=O)O)c2)O1. The molecule has 3 N–H and O–H groups in total. The quantitative estimate of drug-likeness (QED) is 0.186. The van der Waals surface area contributed by atoms with Crippen LogP contribution in [0.1, 0.15) is 75.2 Å². The molecule has 4 aliphatic carbocycles. The molecule has 5 aliphatic rings. The Hall–Kier alpha value is -4.52. The van der Waals surface area contributed by atoms with Gasteiger partial charge in [-0.3, -0.25) is 14.4 Å². The third-order valence-corrected chi connectivity index (χ3v) is 12.4. The molecule has 0 amide bonds. The van der Waals surface area contributed by atoms with Crippen molar-refractivity contribution < 1.29 is 48.7 Å². The highest BCUT2D eigenvalue weighted by atomic mass is 16.7. The molecule has 2 aromatic carbocycles. The number of phenols is 1. The third kappa shape index (κ3) is 5.81. The number of fused-ring (bicyclic) bond motifs is 7. The maximum atomic E-state index is 14.5. The monoisotopic (exact) mass is 712 g/mol. The van der Waals surface area contributed by atoms with E-state index in [4.69, 9.17) is 14.2 Å². The van der Waals surface area contributed by atoms with Crippen LogP contribution >= 0.6 is 0 Å². The van der Waals surface area contributed by atoms with Gasteiger partial charge in [-0.1, -0.05) is 57.0 Å². The van der Waals surface area contributed by atoms with E-state index >= 15 is 0 Å². The first kappa shape index (κ1) is 35.9. The van der Waals surface area contributed by atoms with Crippen LogP contribution in [-0.4, -0.2) is 69.5 Å². The first-order chi connectivity index (χ1) is 24.8. The molecule has 3 saturated carbocycles. The van der Waals surface area contributed by atoms with E-state index in [0.29, 0.717) is 30.5 Å². The number of azo groups is 1. The molecule has 9 atom stereocenters. The first-order valence-corrected chi connectivity index (χ1v) is 18.0. The summed E-state index contributed by atoms with van der Waals surface area (Å²) in [7, 11) is 0. The number of aromatic hydroxyl groups is 1. The number of esters is 1. The molecule has 0 aromatic heterocycles. The summed E-state index contributed by atoms with van der Waals surface area (Å²) in [5.41, 5.74) is -0.923. The number of Topliss-reactive ketones (excluding diaryl/α,β-unsaturated/α-hetero) is 1. The minimum absolute atomic E-state index is 0.00470. The Bertz CT molecular complexity index is 1900. The van der Waals surface area contributed by atoms with Gasteiger partial charge in [-0.2, -0.15) is 10.2 Å². The van der Waals surface area contributed by atoms with Crippen LogP contribution in [0.25, 0.3) is 0 Å². The van der Waals surface area contributed by atoms with Gasteiger partial charge in [0.05, 0.1) is 30.0 Å². The minimum Gasteiger partial charge on any atom is -0.507 e. The van der Waals surface area contributed by atoms with Crippen LogP contribution in [0.5, 0.6) is 5.75 Å². The van der Waals surface area contributed by atoms with Crippen LogP contribution in [0.15, 0.2) is 76.5 Å². The number of carbonyl (C=O) groups excluding carboxylic acids is 3. The lowest BCUT2D eigenvalue weighted by Gasteiger charge is -2.59. The molecule has 7 rings (SSSR count). The fraction of sp³-hybridized carbons (Fsp3) is 0.500. The number of nitrogens with zero attached hydrogens (tertiary/aromatic N) is 2. The van der Waals surface area contributed by atoms with Crippen molar-refractivity contribution in [2.24, 2.45) is 38.8 Å². The molecular weight excluding hydrogens is 668 g/mol. The lowest BCUT2D eigenvalue weighted by molar-refractivity contribution is -0.201. The number of aromatic carboxylic acids is 1. The first-order valence-electron chi connectivity index (χ1n) is 18.0. The summed E-state index contributed by atoms with van der Waals surface area (Å²) in [5, 5.41) is 39.4. The molecule has 1 saturated heterocycles. The van der Waals surface area contributed by atoms with E-state index in [2.05, 4.69) is 17.2 Å². The number of rotatable bonds is 10. The summed E-state index contributed by atoms with van der Waals surface area (Å²) < 4.78 is 18.8. The minimum atomic E-state index is -1.41.